The number of aliphatic carboxylic acids is 1. The van der Waals surface area contributed by atoms with Crippen LogP contribution in [0.15, 0.2) is 30.3 Å². The zero-order chi connectivity index (χ0) is 16.0. The van der Waals surface area contributed by atoms with Crippen molar-refractivity contribution >= 4 is 11.9 Å². The van der Waals surface area contributed by atoms with Crippen LogP contribution in [0.1, 0.15) is 45.6 Å². The molecule has 4 nitrogen and oxygen atoms in total. The molecule has 0 radical (unpaired) electrons. The van der Waals surface area contributed by atoms with Crippen molar-refractivity contribution in [3.05, 3.63) is 35.9 Å². The van der Waals surface area contributed by atoms with Gasteiger partial charge in [-0.25, -0.2) is 0 Å². The van der Waals surface area contributed by atoms with E-state index in [0.29, 0.717) is 6.54 Å². The van der Waals surface area contributed by atoms with Crippen molar-refractivity contribution in [1.29, 1.82) is 0 Å². The van der Waals surface area contributed by atoms with Crippen molar-refractivity contribution in [2.75, 3.05) is 6.54 Å². The number of carbonyl (C=O) groups is 2. The predicted octanol–water partition coefficient (Wildman–Crippen LogP) is 3.04. The molecule has 0 heterocycles. The Morgan fingerprint density at radius 2 is 1.76 bits per heavy atom. The Hall–Kier alpha value is -1.84. The van der Waals surface area contributed by atoms with Crippen LogP contribution in [-0.4, -0.2) is 23.5 Å². The summed E-state index contributed by atoms with van der Waals surface area (Å²) in [5, 5.41) is 12.2. The Morgan fingerprint density at radius 1 is 1.19 bits per heavy atom. The molecule has 1 amide bonds. The Bertz CT molecular complexity index is 484. The van der Waals surface area contributed by atoms with Crippen LogP contribution in [0.4, 0.5) is 0 Å². The summed E-state index contributed by atoms with van der Waals surface area (Å²) in [5.74, 6) is -1.04. The maximum absolute atomic E-state index is 12.0. The SMILES string of the molecule is CC(CNC(=O)CC(C)(C(=O)O)C(C)C)c1ccccc1. The molecule has 0 aliphatic carbocycles. The molecule has 0 aliphatic heterocycles. The second-order valence-electron chi connectivity index (χ2n) is 6.17. The predicted molar refractivity (Wildman–Crippen MR) is 83.1 cm³/mol. The van der Waals surface area contributed by atoms with E-state index in [1.54, 1.807) is 6.92 Å². The molecule has 116 valence electrons. The molecule has 4 heteroatoms. The van der Waals surface area contributed by atoms with E-state index in [1.807, 2.05) is 51.1 Å². The lowest BCUT2D eigenvalue weighted by molar-refractivity contribution is -0.153. The first-order chi connectivity index (χ1) is 9.77. The number of carboxylic acid groups (broad SMARTS) is 1. The third kappa shape index (κ3) is 4.59. The van der Waals surface area contributed by atoms with E-state index in [1.165, 1.54) is 0 Å². The first kappa shape index (κ1) is 17.2. The Balaban J connectivity index is 2.56. The first-order valence-electron chi connectivity index (χ1n) is 7.32. The zero-order valence-electron chi connectivity index (χ0n) is 13.2. The molecule has 0 aliphatic rings. The summed E-state index contributed by atoms with van der Waals surface area (Å²) in [5.41, 5.74) is 0.128. The highest BCUT2D eigenvalue weighted by molar-refractivity contribution is 5.84. The van der Waals surface area contributed by atoms with Gasteiger partial charge in [-0.3, -0.25) is 9.59 Å². The van der Waals surface area contributed by atoms with E-state index < -0.39 is 11.4 Å². The molecule has 1 aromatic carbocycles. The van der Waals surface area contributed by atoms with Crippen molar-refractivity contribution < 1.29 is 14.7 Å². The summed E-state index contributed by atoms with van der Waals surface area (Å²) in [6.07, 6.45) is 0.00150. The molecule has 2 atom stereocenters. The number of hydrogen-bond donors (Lipinski definition) is 2. The highest BCUT2D eigenvalue weighted by atomic mass is 16.4. The standard InChI is InChI=1S/C17H25NO3/c1-12(2)17(4,16(20)21)10-15(19)18-11-13(3)14-8-6-5-7-9-14/h5-9,12-13H,10-11H2,1-4H3,(H,18,19)(H,20,21). The van der Waals surface area contributed by atoms with Crippen LogP contribution >= 0.6 is 0 Å². The molecule has 1 aromatic rings. The number of hydrogen-bond acceptors (Lipinski definition) is 2. The smallest absolute Gasteiger partial charge is 0.310 e. The summed E-state index contributed by atoms with van der Waals surface area (Å²) < 4.78 is 0. The van der Waals surface area contributed by atoms with Gasteiger partial charge < -0.3 is 10.4 Å². The van der Waals surface area contributed by atoms with Crippen molar-refractivity contribution in [3.8, 4) is 0 Å². The van der Waals surface area contributed by atoms with Gasteiger partial charge in [0, 0.05) is 13.0 Å². The highest BCUT2D eigenvalue weighted by Gasteiger charge is 2.38. The molecule has 2 N–H and O–H groups in total. The van der Waals surface area contributed by atoms with E-state index in [4.69, 9.17) is 0 Å². The fourth-order valence-corrected chi connectivity index (χ4v) is 2.09. The molecule has 1 rings (SSSR count). The van der Waals surface area contributed by atoms with Crippen LogP contribution in [0.2, 0.25) is 0 Å². The van der Waals surface area contributed by atoms with Crippen molar-refractivity contribution in [2.24, 2.45) is 11.3 Å². The van der Waals surface area contributed by atoms with E-state index >= 15 is 0 Å². The minimum atomic E-state index is -1.03. The number of rotatable bonds is 7. The summed E-state index contributed by atoms with van der Waals surface area (Å²) in [6, 6.07) is 9.93. The van der Waals surface area contributed by atoms with Gasteiger partial charge in [0.25, 0.3) is 0 Å². The van der Waals surface area contributed by atoms with E-state index in [2.05, 4.69) is 5.32 Å². The maximum Gasteiger partial charge on any atom is 0.310 e. The van der Waals surface area contributed by atoms with E-state index in [0.717, 1.165) is 5.56 Å². The van der Waals surface area contributed by atoms with Crippen LogP contribution < -0.4 is 5.32 Å². The van der Waals surface area contributed by atoms with Gasteiger partial charge in [0.1, 0.15) is 0 Å². The average Bonchev–Trinajstić information content (AvgIpc) is 2.45. The number of carboxylic acids is 1. The third-order valence-corrected chi connectivity index (χ3v) is 4.26. The number of carbonyl (C=O) groups excluding carboxylic acids is 1. The third-order valence-electron chi connectivity index (χ3n) is 4.26. The van der Waals surface area contributed by atoms with Crippen LogP contribution in [0.3, 0.4) is 0 Å². The Labute approximate surface area is 126 Å². The van der Waals surface area contributed by atoms with Gasteiger partial charge in [-0.1, -0.05) is 51.1 Å². The van der Waals surface area contributed by atoms with Gasteiger partial charge in [-0.05, 0) is 24.3 Å². The van der Waals surface area contributed by atoms with E-state index in [-0.39, 0.29) is 24.2 Å². The minimum absolute atomic E-state index is 0.00150. The summed E-state index contributed by atoms with van der Waals surface area (Å²) in [4.78, 5) is 23.4. The molecule has 0 saturated heterocycles. The van der Waals surface area contributed by atoms with Crippen LogP contribution in [0, 0.1) is 11.3 Å². The quantitative estimate of drug-likeness (QED) is 0.811. The topological polar surface area (TPSA) is 66.4 Å². The molecule has 0 bridgehead atoms. The van der Waals surface area contributed by atoms with Crippen molar-refractivity contribution in [1.82, 2.24) is 5.32 Å². The lowest BCUT2D eigenvalue weighted by Gasteiger charge is -2.28. The zero-order valence-corrected chi connectivity index (χ0v) is 13.2. The molecule has 0 saturated carbocycles. The van der Waals surface area contributed by atoms with Crippen LogP contribution in [-0.2, 0) is 9.59 Å². The van der Waals surface area contributed by atoms with E-state index in [9.17, 15) is 14.7 Å². The molecule has 0 fully saturated rings. The van der Waals surface area contributed by atoms with Gasteiger partial charge in [0.15, 0.2) is 0 Å². The second-order valence-corrected chi connectivity index (χ2v) is 6.17. The van der Waals surface area contributed by atoms with Gasteiger partial charge in [-0.2, -0.15) is 0 Å². The fourth-order valence-electron chi connectivity index (χ4n) is 2.09. The van der Waals surface area contributed by atoms with Gasteiger partial charge in [0.05, 0.1) is 5.41 Å². The van der Waals surface area contributed by atoms with Gasteiger partial charge >= 0.3 is 5.97 Å². The van der Waals surface area contributed by atoms with Crippen LogP contribution in [0.25, 0.3) is 0 Å². The number of nitrogens with one attached hydrogen (secondary N) is 1. The van der Waals surface area contributed by atoms with Crippen molar-refractivity contribution in [3.63, 3.8) is 0 Å². The van der Waals surface area contributed by atoms with Crippen molar-refractivity contribution in [2.45, 2.75) is 40.0 Å². The normalized spacial score (nSPS) is 15.3. The lowest BCUT2D eigenvalue weighted by atomic mass is 9.76. The minimum Gasteiger partial charge on any atom is -0.481 e. The molecule has 0 aromatic heterocycles. The monoisotopic (exact) mass is 291 g/mol. The van der Waals surface area contributed by atoms with Gasteiger partial charge in [0.2, 0.25) is 5.91 Å². The summed E-state index contributed by atoms with van der Waals surface area (Å²) in [6.45, 7) is 7.83. The molecule has 0 spiro atoms. The summed E-state index contributed by atoms with van der Waals surface area (Å²) >= 11 is 0. The van der Waals surface area contributed by atoms with Gasteiger partial charge in [-0.15, -0.1) is 0 Å². The largest absolute Gasteiger partial charge is 0.481 e. The molecular formula is C17H25NO3. The first-order valence-corrected chi connectivity index (χ1v) is 7.32. The Kier molecular flexibility index (Phi) is 5.94. The Morgan fingerprint density at radius 3 is 2.24 bits per heavy atom. The summed E-state index contributed by atoms with van der Waals surface area (Å²) in [7, 11) is 0. The second kappa shape index (κ2) is 7.25. The average molecular weight is 291 g/mol. The highest BCUT2D eigenvalue weighted by Crippen LogP contribution is 2.31. The molecule has 2 unspecified atom stereocenters. The van der Waals surface area contributed by atoms with Crippen LogP contribution in [0.5, 0.6) is 0 Å². The number of amides is 1. The lowest BCUT2D eigenvalue weighted by Crippen LogP contribution is -2.39. The molecular weight excluding hydrogens is 266 g/mol. The number of benzene rings is 1. The maximum atomic E-state index is 12.0. The fraction of sp³-hybridized carbons (Fsp3) is 0.529. The molecule has 21 heavy (non-hydrogen) atoms.